The van der Waals surface area contributed by atoms with E-state index in [0.29, 0.717) is 11.3 Å². The van der Waals surface area contributed by atoms with Crippen molar-refractivity contribution in [3.63, 3.8) is 0 Å². The van der Waals surface area contributed by atoms with Gasteiger partial charge in [-0.25, -0.2) is 0 Å². The largest absolute Gasteiger partial charge is 0.484 e. The lowest BCUT2D eigenvalue weighted by molar-refractivity contribution is -0.118. The van der Waals surface area contributed by atoms with Gasteiger partial charge in [0.05, 0.1) is 0 Å². The van der Waals surface area contributed by atoms with Crippen LogP contribution in [0.1, 0.15) is 34.0 Å². The molecule has 3 rings (SSSR count). The molecule has 0 aliphatic rings. The summed E-state index contributed by atoms with van der Waals surface area (Å²) in [5.41, 5.74) is 5.35. The van der Waals surface area contributed by atoms with Gasteiger partial charge in [0.1, 0.15) is 5.75 Å². The molecule has 0 aliphatic heterocycles. The molecule has 0 radical (unpaired) electrons. The maximum absolute atomic E-state index is 12.5. The summed E-state index contributed by atoms with van der Waals surface area (Å²) in [6, 6.07) is 20.2. The first-order valence-corrected chi connectivity index (χ1v) is 9.96. The molecule has 0 fully saturated rings. The maximum Gasteiger partial charge on any atom is 0.262 e. The number of anilines is 2. The lowest BCUT2D eigenvalue weighted by Gasteiger charge is -2.12. The minimum Gasteiger partial charge on any atom is -0.484 e. The van der Waals surface area contributed by atoms with E-state index >= 15 is 0 Å². The van der Waals surface area contributed by atoms with Crippen molar-refractivity contribution in [3.8, 4) is 5.75 Å². The SMILES string of the molecule is CCc1ccccc1NC(=O)c1ccc(OCC(=O)Nc2cccc(C)c2C)cc1. The molecule has 154 valence electrons. The van der Waals surface area contributed by atoms with Gasteiger partial charge in [-0.3, -0.25) is 9.59 Å². The van der Waals surface area contributed by atoms with E-state index in [1.54, 1.807) is 24.3 Å². The lowest BCUT2D eigenvalue weighted by atomic mass is 10.1. The van der Waals surface area contributed by atoms with Gasteiger partial charge in [0.25, 0.3) is 11.8 Å². The first-order chi connectivity index (χ1) is 14.5. The molecule has 3 aromatic rings. The van der Waals surface area contributed by atoms with E-state index in [1.165, 1.54) is 0 Å². The standard InChI is InChI=1S/C25H26N2O3/c1-4-19-9-5-6-10-23(19)27-25(29)20-12-14-21(15-13-20)30-16-24(28)26-22-11-7-8-17(2)18(22)3/h5-15H,4,16H2,1-3H3,(H,26,28)(H,27,29). The average molecular weight is 402 g/mol. The monoisotopic (exact) mass is 402 g/mol. The van der Waals surface area contributed by atoms with Crippen molar-refractivity contribution < 1.29 is 14.3 Å². The van der Waals surface area contributed by atoms with Crippen LogP contribution in [0.4, 0.5) is 11.4 Å². The van der Waals surface area contributed by atoms with Crippen LogP contribution in [0.5, 0.6) is 5.75 Å². The highest BCUT2D eigenvalue weighted by Gasteiger charge is 2.10. The van der Waals surface area contributed by atoms with E-state index in [1.807, 2.05) is 63.2 Å². The summed E-state index contributed by atoms with van der Waals surface area (Å²) >= 11 is 0. The number of benzene rings is 3. The Morgan fingerprint density at radius 1 is 0.833 bits per heavy atom. The normalized spacial score (nSPS) is 10.4. The van der Waals surface area contributed by atoms with Crippen molar-refractivity contribution >= 4 is 23.2 Å². The second-order valence-corrected chi connectivity index (χ2v) is 7.07. The molecule has 0 atom stereocenters. The molecule has 3 aromatic carbocycles. The molecular weight excluding hydrogens is 376 g/mol. The third kappa shape index (κ3) is 5.26. The highest BCUT2D eigenvalue weighted by molar-refractivity contribution is 6.04. The molecule has 0 aromatic heterocycles. The Hall–Kier alpha value is -3.60. The molecule has 5 nitrogen and oxygen atoms in total. The number of amides is 2. The van der Waals surface area contributed by atoms with Gasteiger partial charge >= 0.3 is 0 Å². The number of rotatable bonds is 7. The number of aryl methyl sites for hydroxylation is 2. The smallest absolute Gasteiger partial charge is 0.262 e. The van der Waals surface area contributed by atoms with Crippen molar-refractivity contribution in [1.29, 1.82) is 0 Å². The van der Waals surface area contributed by atoms with Crippen LogP contribution in [0.3, 0.4) is 0 Å². The molecule has 0 bridgehead atoms. The number of hydrogen-bond acceptors (Lipinski definition) is 3. The Kier molecular flexibility index (Phi) is 6.86. The van der Waals surface area contributed by atoms with E-state index in [9.17, 15) is 9.59 Å². The quantitative estimate of drug-likeness (QED) is 0.575. The minimum absolute atomic E-state index is 0.108. The van der Waals surface area contributed by atoms with E-state index in [-0.39, 0.29) is 18.4 Å². The summed E-state index contributed by atoms with van der Waals surface area (Å²) in [6.45, 7) is 5.91. The van der Waals surface area contributed by atoms with Gasteiger partial charge in [-0.2, -0.15) is 0 Å². The maximum atomic E-state index is 12.5. The number of hydrogen-bond donors (Lipinski definition) is 2. The fraction of sp³-hybridized carbons (Fsp3) is 0.200. The topological polar surface area (TPSA) is 67.4 Å². The van der Waals surface area contributed by atoms with Crippen LogP contribution in [0.25, 0.3) is 0 Å². The van der Waals surface area contributed by atoms with E-state index in [2.05, 4.69) is 10.6 Å². The van der Waals surface area contributed by atoms with Gasteiger partial charge in [-0.1, -0.05) is 37.3 Å². The second kappa shape index (κ2) is 9.74. The molecule has 0 saturated heterocycles. The molecule has 30 heavy (non-hydrogen) atoms. The van der Waals surface area contributed by atoms with Crippen LogP contribution in [0.15, 0.2) is 66.7 Å². The second-order valence-electron chi connectivity index (χ2n) is 7.07. The number of carbonyl (C=O) groups excluding carboxylic acids is 2. The predicted octanol–water partition coefficient (Wildman–Crippen LogP) is 5.14. The Labute approximate surface area is 177 Å². The first kappa shape index (κ1) is 21.1. The third-order valence-corrected chi connectivity index (χ3v) is 5.01. The lowest BCUT2D eigenvalue weighted by Crippen LogP contribution is -2.20. The van der Waals surface area contributed by atoms with Gasteiger partial charge in [0.2, 0.25) is 0 Å². The molecule has 0 unspecified atom stereocenters. The zero-order valence-corrected chi connectivity index (χ0v) is 17.5. The number of ether oxygens (including phenoxy) is 1. The molecule has 0 spiro atoms. The molecule has 0 heterocycles. The Morgan fingerprint density at radius 2 is 1.53 bits per heavy atom. The van der Waals surface area contributed by atoms with Gasteiger partial charge in [-0.05, 0) is 73.4 Å². The van der Waals surface area contributed by atoms with Crippen LogP contribution in [0, 0.1) is 13.8 Å². The van der Waals surface area contributed by atoms with Crippen LogP contribution in [-0.4, -0.2) is 18.4 Å². The minimum atomic E-state index is -0.235. The van der Waals surface area contributed by atoms with Crippen LogP contribution >= 0.6 is 0 Å². The Bertz CT molecular complexity index is 1040. The Morgan fingerprint density at radius 3 is 2.27 bits per heavy atom. The molecule has 0 aliphatic carbocycles. The summed E-state index contributed by atoms with van der Waals surface area (Å²) in [5.74, 6) is 0.105. The van der Waals surface area contributed by atoms with Crippen LogP contribution in [-0.2, 0) is 11.2 Å². The fourth-order valence-corrected chi connectivity index (χ4v) is 3.07. The van der Waals surface area contributed by atoms with Gasteiger partial charge in [0, 0.05) is 16.9 Å². The summed E-state index contributed by atoms with van der Waals surface area (Å²) in [5, 5.41) is 5.80. The summed E-state index contributed by atoms with van der Waals surface area (Å²) in [7, 11) is 0. The third-order valence-electron chi connectivity index (χ3n) is 5.01. The molecule has 0 saturated carbocycles. The highest BCUT2D eigenvalue weighted by Crippen LogP contribution is 2.19. The number of para-hydroxylation sites is 1. The van der Waals surface area contributed by atoms with E-state index in [0.717, 1.165) is 34.5 Å². The average Bonchev–Trinajstić information content (AvgIpc) is 2.76. The number of carbonyl (C=O) groups is 2. The molecule has 2 amide bonds. The summed E-state index contributed by atoms with van der Waals surface area (Å²) in [6.07, 6.45) is 0.841. The van der Waals surface area contributed by atoms with Gasteiger partial charge < -0.3 is 15.4 Å². The predicted molar refractivity (Wildman–Crippen MR) is 120 cm³/mol. The van der Waals surface area contributed by atoms with Crippen molar-refractivity contribution in [1.82, 2.24) is 0 Å². The zero-order valence-electron chi connectivity index (χ0n) is 17.5. The molecule has 5 heteroatoms. The van der Waals surface area contributed by atoms with Crippen molar-refractivity contribution in [2.75, 3.05) is 17.2 Å². The van der Waals surface area contributed by atoms with E-state index in [4.69, 9.17) is 4.74 Å². The van der Waals surface area contributed by atoms with Crippen molar-refractivity contribution in [2.45, 2.75) is 27.2 Å². The summed E-state index contributed by atoms with van der Waals surface area (Å²) < 4.78 is 5.56. The first-order valence-electron chi connectivity index (χ1n) is 9.96. The van der Waals surface area contributed by atoms with Crippen molar-refractivity contribution in [3.05, 3.63) is 89.0 Å². The van der Waals surface area contributed by atoms with Crippen LogP contribution in [0.2, 0.25) is 0 Å². The van der Waals surface area contributed by atoms with Gasteiger partial charge in [0.15, 0.2) is 6.61 Å². The van der Waals surface area contributed by atoms with Gasteiger partial charge in [-0.15, -0.1) is 0 Å². The molecule has 2 N–H and O–H groups in total. The fourth-order valence-electron chi connectivity index (χ4n) is 3.07. The highest BCUT2D eigenvalue weighted by atomic mass is 16.5. The zero-order chi connectivity index (χ0) is 21.5. The number of nitrogens with one attached hydrogen (secondary N) is 2. The van der Waals surface area contributed by atoms with Crippen molar-refractivity contribution in [2.24, 2.45) is 0 Å². The Balaban J connectivity index is 1.56. The van der Waals surface area contributed by atoms with E-state index < -0.39 is 0 Å². The van der Waals surface area contributed by atoms with Crippen LogP contribution < -0.4 is 15.4 Å². The molecular formula is C25H26N2O3. The summed E-state index contributed by atoms with van der Waals surface area (Å²) in [4.78, 5) is 24.7.